The van der Waals surface area contributed by atoms with E-state index in [1.54, 1.807) is 0 Å². The first-order chi connectivity index (χ1) is 7.37. The molecule has 1 N–H and O–H groups in total. The van der Waals surface area contributed by atoms with Crippen molar-refractivity contribution in [2.24, 2.45) is 11.3 Å². The summed E-state index contributed by atoms with van der Waals surface area (Å²) >= 11 is 0. The molecular weight excluding hydrogens is 182 g/mol. The van der Waals surface area contributed by atoms with Crippen molar-refractivity contribution >= 4 is 0 Å². The van der Waals surface area contributed by atoms with Crippen molar-refractivity contribution in [3.8, 4) is 0 Å². The molecule has 1 aliphatic heterocycles. The zero-order valence-corrected chi connectivity index (χ0v) is 10.4. The Hall–Kier alpha value is -0.0400. The molecule has 2 rings (SSSR count). The van der Waals surface area contributed by atoms with E-state index in [4.69, 9.17) is 0 Å². The molecule has 0 aromatic heterocycles. The maximum absolute atomic E-state index is 3.60. The Morgan fingerprint density at radius 3 is 3.00 bits per heavy atom. The summed E-state index contributed by atoms with van der Waals surface area (Å²) in [6, 6.07) is 0. The second-order valence-electron chi connectivity index (χ2n) is 5.72. The van der Waals surface area contributed by atoms with E-state index in [0.29, 0.717) is 0 Å². The van der Waals surface area contributed by atoms with Gasteiger partial charge in [-0.05, 0) is 50.1 Å². The monoisotopic (exact) mass is 209 g/mol. The lowest BCUT2D eigenvalue weighted by Crippen LogP contribution is -2.46. The van der Waals surface area contributed by atoms with Crippen molar-refractivity contribution in [1.82, 2.24) is 5.32 Å². The van der Waals surface area contributed by atoms with Crippen LogP contribution < -0.4 is 5.32 Å². The highest BCUT2D eigenvalue weighted by Crippen LogP contribution is 2.48. The van der Waals surface area contributed by atoms with Gasteiger partial charge in [0, 0.05) is 0 Å². The van der Waals surface area contributed by atoms with Gasteiger partial charge < -0.3 is 5.32 Å². The molecule has 2 fully saturated rings. The first-order valence-electron chi connectivity index (χ1n) is 7.08. The predicted octanol–water partition coefficient (Wildman–Crippen LogP) is 3.74. The van der Waals surface area contributed by atoms with Crippen molar-refractivity contribution in [2.45, 2.75) is 64.7 Å². The molecule has 1 saturated carbocycles. The van der Waals surface area contributed by atoms with Gasteiger partial charge in [-0.1, -0.05) is 39.0 Å². The second kappa shape index (κ2) is 5.34. The third kappa shape index (κ3) is 2.55. The maximum atomic E-state index is 3.60. The Labute approximate surface area is 95.0 Å². The van der Waals surface area contributed by atoms with Crippen LogP contribution >= 0.6 is 0 Å². The van der Waals surface area contributed by atoms with E-state index in [-0.39, 0.29) is 0 Å². The van der Waals surface area contributed by atoms with E-state index in [2.05, 4.69) is 12.2 Å². The molecule has 0 amide bonds. The summed E-state index contributed by atoms with van der Waals surface area (Å²) in [6.07, 6.45) is 13.3. The van der Waals surface area contributed by atoms with E-state index in [9.17, 15) is 0 Å². The first-order valence-corrected chi connectivity index (χ1v) is 7.08. The third-order valence-corrected chi connectivity index (χ3v) is 4.81. The molecule has 0 radical (unpaired) electrons. The smallest absolute Gasteiger partial charge is 0.00152 e. The van der Waals surface area contributed by atoms with E-state index in [1.807, 2.05) is 0 Å². The van der Waals surface area contributed by atoms with E-state index < -0.39 is 0 Å². The third-order valence-electron chi connectivity index (χ3n) is 4.81. The lowest BCUT2D eigenvalue weighted by molar-refractivity contribution is 0.0450. The highest BCUT2D eigenvalue weighted by Gasteiger charge is 2.41. The van der Waals surface area contributed by atoms with Gasteiger partial charge in [0.1, 0.15) is 0 Å². The van der Waals surface area contributed by atoms with Gasteiger partial charge in [-0.25, -0.2) is 0 Å². The first kappa shape index (κ1) is 11.4. The van der Waals surface area contributed by atoms with E-state index in [0.717, 1.165) is 11.3 Å². The van der Waals surface area contributed by atoms with Crippen LogP contribution in [0.3, 0.4) is 0 Å². The summed E-state index contributed by atoms with van der Waals surface area (Å²) in [4.78, 5) is 0. The van der Waals surface area contributed by atoms with Gasteiger partial charge in [0.2, 0.25) is 0 Å². The number of nitrogens with one attached hydrogen (secondary N) is 1. The number of fused-ring (bicyclic) bond motifs is 1. The molecule has 1 nitrogen and oxygen atoms in total. The largest absolute Gasteiger partial charge is 0.316 e. The topological polar surface area (TPSA) is 12.0 Å². The van der Waals surface area contributed by atoms with E-state index >= 15 is 0 Å². The fourth-order valence-corrected chi connectivity index (χ4v) is 3.82. The Morgan fingerprint density at radius 1 is 1.20 bits per heavy atom. The van der Waals surface area contributed by atoms with Gasteiger partial charge in [-0.3, -0.25) is 0 Å². The van der Waals surface area contributed by atoms with Crippen LogP contribution in [0.4, 0.5) is 0 Å². The fraction of sp³-hybridized carbons (Fsp3) is 1.00. The van der Waals surface area contributed by atoms with Gasteiger partial charge in [-0.15, -0.1) is 0 Å². The summed E-state index contributed by atoms with van der Waals surface area (Å²) in [7, 11) is 0. The number of hydrogen-bond donors (Lipinski definition) is 1. The summed E-state index contributed by atoms with van der Waals surface area (Å²) in [5.41, 5.74) is 0.763. The summed E-state index contributed by atoms with van der Waals surface area (Å²) < 4.78 is 0. The number of hydrogen-bond acceptors (Lipinski definition) is 1. The molecule has 1 saturated heterocycles. The van der Waals surface area contributed by atoms with Crippen LogP contribution in [-0.2, 0) is 0 Å². The number of rotatable bonds is 4. The standard InChI is InChI=1S/C14H27N/c1-2-3-5-8-14-9-6-4-7-13(14)12-15-11-10-14/h13,15H,2-12H2,1H3/t13-,14+/m0/s1. The van der Waals surface area contributed by atoms with Crippen LogP contribution in [-0.4, -0.2) is 13.1 Å². The summed E-state index contributed by atoms with van der Waals surface area (Å²) in [5, 5.41) is 3.60. The molecular formula is C14H27N. The Kier molecular flexibility index (Phi) is 4.07. The van der Waals surface area contributed by atoms with Crippen molar-refractivity contribution in [3.05, 3.63) is 0 Å². The van der Waals surface area contributed by atoms with E-state index in [1.165, 1.54) is 70.9 Å². The zero-order chi connectivity index (χ0) is 10.6. The molecule has 0 bridgehead atoms. The molecule has 2 atom stereocenters. The molecule has 0 aromatic rings. The molecule has 2 aliphatic rings. The Balaban J connectivity index is 1.92. The maximum Gasteiger partial charge on any atom is -0.00152 e. The second-order valence-corrected chi connectivity index (χ2v) is 5.72. The van der Waals surface area contributed by atoms with Gasteiger partial charge >= 0.3 is 0 Å². The minimum atomic E-state index is 0.763. The van der Waals surface area contributed by atoms with Crippen LogP contribution in [0.2, 0.25) is 0 Å². The number of unbranched alkanes of at least 4 members (excludes halogenated alkanes) is 2. The zero-order valence-electron chi connectivity index (χ0n) is 10.4. The molecule has 15 heavy (non-hydrogen) atoms. The highest BCUT2D eigenvalue weighted by molar-refractivity contribution is 4.93. The summed E-state index contributed by atoms with van der Waals surface area (Å²) in [6.45, 7) is 4.91. The highest BCUT2D eigenvalue weighted by atomic mass is 14.9. The molecule has 0 aromatic carbocycles. The normalized spacial score (nSPS) is 36.2. The van der Waals surface area contributed by atoms with Crippen molar-refractivity contribution in [1.29, 1.82) is 0 Å². The van der Waals surface area contributed by atoms with Crippen LogP contribution in [0.5, 0.6) is 0 Å². The van der Waals surface area contributed by atoms with Gasteiger partial charge in [0.15, 0.2) is 0 Å². The van der Waals surface area contributed by atoms with Gasteiger partial charge in [-0.2, -0.15) is 0 Å². The molecule has 1 heterocycles. The molecule has 0 spiro atoms. The molecule has 1 aliphatic carbocycles. The molecule has 0 unspecified atom stereocenters. The van der Waals surface area contributed by atoms with Crippen molar-refractivity contribution < 1.29 is 0 Å². The Morgan fingerprint density at radius 2 is 2.13 bits per heavy atom. The molecule has 88 valence electrons. The van der Waals surface area contributed by atoms with Crippen molar-refractivity contribution in [2.75, 3.05) is 13.1 Å². The van der Waals surface area contributed by atoms with Crippen LogP contribution in [0.15, 0.2) is 0 Å². The predicted molar refractivity (Wildman–Crippen MR) is 66.0 cm³/mol. The quantitative estimate of drug-likeness (QED) is 0.696. The number of piperidine rings is 1. The van der Waals surface area contributed by atoms with Crippen LogP contribution in [0, 0.1) is 11.3 Å². The molecule has 1 heteroatoms. The average Bonchev–Trinajstić information content (AvgIpc) is 2.29. The van der Waals surface area contributed by atoms with Gasteiger partial charge in [0.05, 0.1) is 0 Å². The minimum Gasteiger partial charge on any atom is -0.316 e. The van der Waals surface area contributed by atoms with Crippen molar-refractivity contribution in [3.63, 3.8) is 0 Å². The average molecular weight is 209 g/mol. The SMILES string of the molecule is CCCCC[C@]12CCCC[C@H]1CNCC2. The lowest BCUT2D eigenvalue weighted by Gasteiger charge is -2.48. The lowest BCUT2D eigenvalue weighted by atomic mass is 9.60. The summed E-state index contributed by atoms with van der Waals surface area (Å²) in [5.74, 6) is 1.01. The van der Waals surface area contributed by atoms with Crippen LogP contribution in [0.25, 0.3) is 0 Å². The van der Waals surface area contributed by atoms with Crippen LogP contribution in [0.1, 0.15) is 64.7 Å². The van der Waals surface area contributed by atoms with Gasteiger partial charge in [0.25, 0.3) is 0 Å². The minimum absolute atomic E-state index is 0.763. The Bertz CT molecular complexity index is 176. The fourth-order valence-electron chi connectivity index (χ4n) is 3.82.